The van der Waals surface area contributed by atoms with Gasteiger partial charge in [-0.1, -0.05) is 128 Å². The molecule has 1 aliphatic rings. The summed E-state index contributed by atoms with van der Waals surface area (Å²) in [6.45, 7) is 0. The lowest BCUT2D eigenvalue weighted by Crippen LogP contribution is -2.52. The van der Waals surface area contributed by atoms with Crippen LogP contribution in [0.2, 0.25) is 0 Å². The van der Waals surface area contributed by atoms with Crippen LogP contribution in [-0.2, 0) is 19.7 Å². The van der Waals surface area contributed by atoms with Crippen molar-refractivity contribution in [1.29, 1.82) is 0 Å². The number of alkyl carbamates (subject to hydrolysis) is 1. The number of hydrogen-bond acceptors (Lipinski definition) is 4. The molecular weight excluding hydrogens is 498 g/mol. The molecule has 0 aromatic heterocycles. The Morgan fingerprint density at radius 1 is 0.725 bits per heavy atom. The van der Waals surface area contributed by atoms with E-state index in [1.165, 1.54) is 12.7 Å². The highest BCUT2D eigenvalue weighted by molar-refractivity contribution is 5.90. The molecule has 0 aliphatic heterocycles. The van der Waals surface area contributed by atoms with E-state index in [1.54, 1.807) is 0 Å². The van der Waals surface area contributed by atoms with Gasteiger partial charge in [-0.3, -0.25) is 4.79 Å². The first kappa shape index (κ1) is 27.2. The van der Waals surface area contributed by atoms with E-state index < -0.39 is 23.5 Å². The van der Waals surface area contributed by atoms with Crippen LogP contribution in [0.1, 0.15) is 59.9 Å². The molecule has 1 fully saturated rings. The Labute approximate surface area is 236 Å². The molecule has 4 aromatic carbocycles. The number of carbonyl (C=O) groups is 2. The molecule has 40 heavy (non-hydrogen) atoms. The third-order valence-corrected chi connectivity index (χ3v) is 7.98. The minimum Gasteiger partial charge on any atom is -0.461 e. The highest BCUT2D eigenvalue weighted by atomic mass is 16.5. The minimum absolute atomic E-state index is 0.104. The third kappa shape index (κ3) is 5.50. The average molecular weight is 534 g/mol. The lowest BCUT2D eigenvalue weighted by atomic mass is 9.66. The second-order valence-electron chi connectivity index (χ2n) is 10.3. The molecule has 0 spiro atoms. The van der Waals surface area contributed by atoms with Gasteiger partial charge in [0.2, 0.25) is 0 Å². The van der Waals surface area contributed by atoms with Crippen molar-refractivity contribution in [3.63, 3.8) is 0 Å². The van der Waals surface area contributed by atoms with Crippen molar-refractivity contribution in [2.45, 2.75) is 49.2 Å². The van der Waals surface area contributed by atoms with Crippen LogP contribution in [0.15, 0.2) is 121 Å². The standard InChI is InChI=1S/C35H35NO4/c1-39-34(38)36-32(27-18-8-3-9-19-27)35(28-20-10-4-11-21-28,29-22-12-5-13-23-29)33(37)40-31-25-15-14-24-30(31)26-16-6-2-7-17-26/h2-13,16-23,30-32H,14-15,24-25H2,1H3,(H,36,38)/t30-,31+,32+/m1/s1. The van der Waals surface area contributed by atoms with Crippen molar-refractivity contribution in [2.75, 3.05) is 7.11 Å². The number of amides is 1. The lowest BCUT2D eigenvalue weighted by molar-refractivity contribution is -0.158. The fourth-order valence-electron chi connectivity index (χ4n) is 6.07. The van der Waals surface area contributed by atoms with Gasteiger partial charge < -0.3 is 14.8 Å². The monoisotopic (exact) mass is 533 g/mol. The summed E-state index contributed by atoms with van der Waals surface area (Å²) in [7, 11) is 1.33. The van der Waals surface area contributed by atoms with Gasteiger partial charge in [0.25, 0.3) is 0 Å². The van der Waals surface area contributed by atoms with Crippen LogP contribution in [0.3, 0.4) is 0 Å². The minimum atomic E-state index is -1.39. The van der Waals surface area contributed by atoms with Crippen molar-refractivity contribution in [3.05, 3.63) is 144 Å². The van der Waals surface area contributed by atoms with Crippen LogP contribution < -0.4 is 5.32 Å². The smallest absolute Gasteiger partial charge is 0.407 e. The van der Waals surface area contributed by atoms with Gasteiger partial charge in [0, 0.05) is 5.92 Å². The number of hydrogen-bond donors (Lipinski definition) is 1. The zero-order chi connectivity index (χ0) is 27.8. The molecule has 0 radical (unpaired) electrons. The number of rotatable bonds is 8. The van der Waals surface area contributed by atoms with Crippen LogP contribution in [0, 0.1) is 0 Å². The predicted octanol–water partition coefficient (Wildman–Crippen LogP) is 7.34. The lowest BCUT2D eigenvalue weighted by Gasteiger charge is -2.42. The second kappa shape index (κ2) is 12.6. The van der Waals surface area contributed by atoms with E-state index in [0.717, 1.165) is 42.4 Å². The fraction of sp³-hybridized carbons (Fsp3) is 0.257. The van der Waals surface area contributed by atoms with E-state index in [2.05, 4.69) is 17.4 Å². The van der Waals surface area contributed by atoms with Gasteiger partial charge in [0.15, 0.2) is 0 Å². The zero-order valence-electron chi connectivity index (χ0n) is 22.7. The number of nitrogens with one attached hydrogen (secondary N) is 1. The Morgan fingerprint density at radius 3 is 1.77 bits per heavy atom. The Morgan fingerprint density at radius 2 is 1.23 bits per heavy atom. The highest BCUT2D eigenvalue weighted by Gasteiger charge is 2.53. The van der Waals surface area contributed by atoms with Gasteiger partial charge in [-0.05, 0) is 41.5 Å². The number of ether oxygens (including phenoxy) is 2. The summed E-state index contributed by atoms with van der Waals surface area (Å²) < 4.78 is 11.7. The molecule has 5 rings (SSSR count). The summed E-state index contributed by atoms with van der Waals surface area (Å²) in [5.74, 6) is -0.296. The van der Waals surface area contributed by atoms with Crippen LogP contribution in [-0.4, -0.2) is 25.3 Å². The quantitative estimate of drug-likeness (QED) is 0.241. The summed E-state index contributed by atoms with van der Waals surface area (Å²) in [6, 6.07) is 38.3. The van der Waals surface area contributed by atoms with E-state index >= 15 is 0 Å². The molecule has 1 amide bonds. The van der Waals surface area contributed by atoms with Gasteiger partial charge in [0.05, 0.1) is 13.2 Å². The molecule has 0 bridgehead atoms. The maximum absolute atomic E-state index is 15.0. The van der Waals surface area contributed by atoms with E-state index in [4.69, 9.17) is 9.47 Å². The molecule has 4 aromatic rings. The van der Waals surface area contributed by atoms with Gasteiger partial charge >= 0.3 is 12.1 Å². The summed E-state index contributed by atoms with van der Waals surface area (Å²) in [4.78, 5) is 27.9. The van der Waals surface area contributed by atoms with Gasteiger partial charge in [0.1, 0.15) is 11.5 Å². The molecular formula is C35H35NO4. The maximum atomic E-state index is 15.0. The van der Waals surface area contributed by atoms with Crippen molar-refractivity contribution >= 4 is 12.1 Å². The molecule has 1 aliphatic carbocycles. The van der Waals surface area contributed by atoms with Gasteiger partial charge in [-0.2, -0.15) is 0 Å². The van der Waals surface area contributed by atoms with Gasteiger partial charge in [-0.15, -0.1) is 0 Å². The van der Waals surface area contributed by atoms with Crippen LogP contribution in [0.5, 0.6) is 0 Å². The molecule has 0 saturated heterocycles. The van der Waals surface area contributed by atoms with E-state index in [-0.39, 0.29) is 12.0 Å². The second-order valence-corrected chi connectivity index (χ2v) is 10.3. The molecule has 1 saturated carbocycles. The summed E-state index contributed by atoms with van der Waals surface area (Å²) in [6.07, 6.45) is 2.90. The van der Waals surface area contributed by atoms with Crippen LogP contribution >= 0.6 is 0 Å². The number of methoxy groups -OCH3 is 1. The first-order valence-corrected chi connectivity index (χ1v) is 13.9. The molecule has 0 heterocycles. The van der Waals surface area contributed by atoms with E-state index in [0.29, 0.717) is 0 Å². The zero-order valence-corrected chi connectivity index (χ0v) is 22.7. The molecule has 0 unspecified atom stereocenters. The first-order valence-electron chi connectivity index (χ1n) is 13.9. The normalized spacial score (nSPS) is 17.8. The largest absolute Gasteiger partial charge is 0.461 e. The molecule has 5 nitrogen and oxygen atoms in total. The summed E-state index contributed by atoms with van der Waals surface area (Å²) in [5.41, 5.74) is 2.00. The molecule has 1 N–H and O–H groups in total. The number of esters is 1. The maximum Gasteiger partial charge on any atom is 0.407 e. The fourth-order valence-corrected chi connectivity index (χ4v) is 6.07. The van der Waals surface area contributed by atoms with Gasteiger partial charge in [-0.25, -0.2) is 4.79 Å². The van der Waals surface area contributed by atoms with E-state index in [1.807, 2.05) is 109 Å². The highest BCUT2D eigenvalue weighted by Crippen LogP contribution is 2.46. The number of carbonyl (C=O) groups excluding carboxylic acids is 2. The summed E-state index contributed by atoms with van der Waals surface area (Å²) >= 11 is 0. The van der Waals surface area contributed by atoms with Crippen molar-refractivity contribution < 1.29 is 19.1 Å². The Hall–Kier alpha value is -4.38. The topological polar surface area (TPSA) is 64.6 Å². The number of benzene rings is 4. The summed E-state index contributed by atoms with van der Waals surface area (Å²) in [5, 5.41) is 3.02. The predicted molar refractivity (Wildman–Crippen MR) is 156 cm³/mol. The van der Waals surface area contributed by atoms with Crippen molar-refractivity contribution in [1.82, 2.24) is 5.32 Å². The van der Waals surface area contributed by atoms with Crippen molar-refractivity contribution in [2.24, 2.45) is 0 Å². The molecule has 204 valence electrons. The molecule has 3 atom stereocenters. The Balaban J connectivity index is 1.69. The molecule has 5 heteroatoms. The van der Waals surface area contributed by atoms with Crippen LogP contribution in [0.25, 0.3) is 0 Å². The van der Waals surface area contributed by atoms with Crippen LogP contribution in [0.4, 0.5) is 4.79 Å². The first-order chi connectivity index (χ1) is 19.6. The van der Waals surface area contributed by atoms with E-state index in [9.17, 15) is 9.59 Å². The van der Waals surface area contributed by atoms with Crippen molar-refractivity contribution in [3.8, 4) is 0 Å². The SMILES string of the molecule is COC(=O)N[C@@H](c1ccccc1)C(C(=O)O[C@H]1CCCC[C@@H]1c1ccccc1)(c1ccccc1)c1ccccc1. The average Bonchev–Trinajstić information content (AvgIpc) is 3.03. The Bertz CT molecular complexity index is 1340. The Kier molecular flexibility index (Phi) is 8.60. The third-order valence-electron chi connectivity index (χ3n) is 7.98.